The van der Waals surface area contributed by atoms with Crippen molar-refractivity contribution < 1.29 is 33.0 Å². The minimum absolute atomic E-state index is 0.0230. The maximum atomic E-state index is 13.8. The Morgan fingerprint density at radius 1 is 1.31 bits per heavy atom. The molecule has 9 nitrogen and oxygen atoms in total. The van der Waals surface area contributed by atoms with E-state index in [2.05, 4.69) is 5.32 Å². The molecule has 1 fully saturated rings. The van der Waals surface area contributed by atoms with Crippen LogP contribution in [0.25, 0.3) is 0 Å². The summed E-state index contributed by atoms with van der Waals surface area (Å²) in [4.78, 5) is 39.8. The summed E-state index contributed by atoms with van der Waals surface area (Å²) in [5.74, 6) is -3.87. The maximum Gasteiger partial charge on any atom is 0.274 e. The first-order valence-corrected chi connectivity index (χ1v) is 9.84. The van der Waals surface area contributed by atoms with Crippen LogP contribution in [0.5, 0.6) is 5.75 Å². The molecule has 32 heavy (non-hydrogen) atoms. The largest absolute Gasteiger partial charge is 0.503 e. The van der Waals surface area contributed by atoms with Crippen molar-refractivity contribution in [1.29, 1.82) is 0 Å². The number of aromatic nitrogens is 1. The van der Waals surface area contributed by atoms with Gasteiger partial charge < -0.3 is 29.4 Å². The van der Waals surface area contributed by atoms with Gasteiger partial charge in [0.15, 0.2) is 11.4 Å². The number of rotatable bonds is 6. The van der Waals surface area contributed by atoms with Gasteiger partial charge >= 0.3 is 0 Å². The van der Waals surface area contributed by atoms with E-state index in [1.165, 1.54) is 28.8 Å². The van der Waals surface area contributed by atoms with Gasteiger partial charge in [-0.3, -0.25) is 14.4 Å². The van der Waals surface area contributed by atoms with Gasteiger partial charge in [-0.2, -0.15) is 0 Å². The van der Waals surface area contributed by atoms with Gasteiger partial charge in [0.25, 0.3) is 11.8 Å². The fourth-order valence-electron chi connectivity index (χ4n) is 3.88. The Morgan fingerprint density at radius 3 is 2.69 bits per heavy atom. The minimum atomic E-state index is -1.02. The molecule has 3 heterocycles. The minimum Gasteiger partial charge on any atom is -0.503 e. The van der Waals surface area contributed by atoms with Crippen LogP contribution < -0.4 is 10.7 Å². The summed E-state index contributed by atoms with van der Waals surface area (Å²) in [7, 11) is 1.50. The third-order valence-corrected chi connectivity index (χ3v) is 5.68. The van der Waals surface area contributed by atoms with E-state index < -0.39 is 45.7 Å². The van der Waals surface area contributed by atoms with Crippen molar-refractivity contribution in [2.45, 2.75) is 12.1 Å². The van der Waals surface area contributed by atoms with Gasteiger partial charge in [0.2, 0.25) is 5.43 Å². The molecule has 4 rings (SSSR count). The van der Waals surface area contributed by atoms with E-state index in [9.17, 15) is 28.3 Å². The van der Waals surface area contributed by atoms with Crippen molar-refractivity contribution in [3.05, 3.63) is 63.1 Å². The van der Waals surface area contributed by atoms with E-state index >= 15 is 0 Å². The molecule has 0 saturated carbocycles. The van der Waals surface area contributed by atoms with Gasteiger partial charge in [0, 0.05) is 44.6 Å². The molecule has 170 valence electrons. The molecule has 2 aliphatic heterocycles. The summed E-state index contributed by atoms with van der Waals surface area (Å²) in [5.41, 5.74) is -2.36. The van der Waals surface area contributed by atoms with Gasteiger partial charge in [-0.1, -0.05) is 6.07 Å². The molecule has 2 amide bonds. The van der Waals surface area contributed by atoms with Gasteiger partial charge in [-0.05, 0) is 6.07 Å². The molecule has 1 saturated heterocycles. The smallest absolute Gasteiger partial charge is 0.274 e. The average Bonchev–Trinajstić information content (AvgIpc) is 2.73. The van der Waals surface area contributed by atoms with Crippen LogP contribution in [0, 0.1) is 11.6 Å². The van der Waals surface area contributed by atoms with E-state index in [-0.39, 0.29) is 50.7 Å². The van der Waals surface area contributed by atoms with Crippen LogP contribution in [-0.4, -0.2) is 66.4 Å². The van der Waals surface area contributed by atoms with Crippen molar-refractivity contribution in [1.82, 2.24) is 14.8 Å². The molecule has 0 atom stereocenters. The highest BCUT2D eigenvalue weighted by atomic mass is 19.1. The van der Waals surface area contributed by atoms with Gasteiger partial charge in [0.1, 0.15) is 22.7 Å². The fraction of sp³-hybridized carbons (Fsp3) is 0.381. The maximum absolute atomic E-state index is 13.8. The summed E-state index contributed by atoms with van der Waals surface area (Å²) in [5, 5.41) is 13.0. The number of fused-ring (bicyclic) bond motifs is 2. The molecule has 2 N–H and O–H groups in total. The lowest BCUT2D eigenvalue weighted by Crippen LogP contribution is -2.64. The second-order valence-electron chi connectivity index (χ2n) is 7.79. The third-order valence-electron chi connectivity index (χ3n) is 5.68. The lowest BCUT2D eigenvalue weighted by atomic mass is 9.91. The first-order valence-electron chi connectivity index (χ1n) is 9.84. The highest BCUT2D eigenvalue weighted by Crippen LogP contribution is 2.35. The number of hydrogen-bond acceptors (Lipinski definition) is 6. The first-order chi connectivity index (χ1) is 15.3. The highest BCUT2D eigenvalue weighted by molar-refractivity contribution is 5.99. The zero-order chi connectivity index (χ0) is 23.0. The number of aromatic hydroxyl groups is 1. The zero-order valence-electron chi connectivity index (χ0n) is 17.2. The fourth-order valence-corrected chi connectivity index (χ4v) is 3.88. The number of benzene rings is 1. The molecule has 0 radical (unpaired) electrons. The number of hydrogen-bond donors (Lipinski definition) is 2. The van der Waals surface area contributed by atoms with E-state index in [1.807, 2.05) is 0 Å². The summed E-state index contributed by atoms with van der Waals surface area (Å²) in [6, 6.07) is 2.91. The van der Waals surface area contributed by atoms with E-state index in [0.29, 0.717) is 6.07 Å². The molecular formula is C21H21F2N3O6. The molecule has 1 spiro atoms. The predicted octanol–water partition coefficient (Wildman–Crippen LogP) is 0.590. The lowest BCUT2D eigenvalue weighted by Gasteiger charge is -2.50. The average molecular weight is 449 g/mol. The number of nitrogens with zero attached hydrogens (tertiary/aromatic N) is 2. The van der Waals surface area contributed by atoms with Crippen LogP contribution in [0.15, 0.2) is 29.2 Å². The molecule has 2 aliphatic rings. The Labute approximate surface area is 181 Å². The Bertz CT molecular complexity index is 1150. The standard InChI is InChI=1S/C21H21F2N3O6/c1-31-5-4-25-9-21(10-32-11-21)26-8-14(17(27)18(28)16(26)20(25)30)19(29)24-7-12-2-3-13(22)6-15(12)23/h2-3,6,8,28H,4-5,7,9-11H2,1H3,(H,24,29). The van der Waals surface area contributed by atoms with Crippen LogP contribution in [0.3, 0.4) is 0 Å². The van der Waals surface area contributed by atoms with Crippen LogP contribution in [0.1, 0.15) is 26.4 Å². The van der Waals surface area contributed by atoms with Crippen LogP contribution in [0.4, 0.5) is 8.78 Å². The first kappa shape index (κ1) is 21.9. The van der Waals surface area contributed by atoms with E-state index in [0.717, 1.165) is 6.07 Å². The molecule has 1 aromatic carbocycles. The van der Waals surface area contributed by atoms with E-state index in [4.69, 9.17) is 9.47 Å². The SMILES string of the molecule is COCCN1CC2(COC2)n2cc(C(=O)NCc3ccc(F)cc3F)c(=O)c(O)c2C1=O. The molecule has 2 aromatic rings. The zero-order valence-corrected chi connectivity index (χ0v) is 17.2. The van der Waals surface area contributed by atoms with Crippen molar-refractivity contribution in [3.8, 4) is 5.75 Å². The number of amides is 2. The summed E-state index contributed by atoms with van der Waals surface area (Å²) >= 11 is 0. The van der Waals surface area contributed by atoms with Gasteiger partial charge in [-0.15, -0.1) is 0 Å². The van der Waals surface area contributed by atoms with Crippen LogP contribution in [-0.2, 0) is 21.6 Å². The monoisotopic (exact) mass is 449 g/mol. The Morgan fingerprint density at radius 2 is 2.06 bits per heavy atom. The van der Waals surface area contributed by atoms with Crippen LogP contribution in [0.2, 0.25) is 0 Å². The molecule has 0 bridgehead atoms. The quantitative estimate of drug-likeness (QED) is 0.668. The number of halogens is 2. The second kappa shape index (κ2) is 8.32. The number of carbonyl (C=O) groups is 2. The summed E-state index contributed by atoms with van der Waals surface area (Å²) in [6.07, 6.45) is 1.22. The number of nitrogens with one attached hydrogen (secondary N) is 1. The molecule has 0 aliphatic carbocycles. The van der Waals surface area contributed by atoms with E-state index in [1.54, 1.807) is 0 Å². The number of pyridine rings is 1. The molecule has 11 heteroatoms. The number of ether oxygens (including phenoxy) is 2. The number of methoxy groups -OCH3 is 1. The summed E-state index contributed by atoms with van der Waals surface area (Å²) < 4.78 is 38.7. The second-order valence-corrected chi connectivity index (χ2v) is 7.79. The van der Waals surface area contributed by atoms with Gasteiger partial charge in [-0.25, -0.2) is 8.78 Å². The predicted molar refractivity (Wildman–Crippen MR) is 106 cm³/mol. The Balaban J connectivity index is 1.67. The summed E-state index contributed by atoms with van der Waals surface area (Å²) in [6.45, 7) is 0.934. The topological polar surface area (TPSA) is 110 Å². The Kier molecular flexibility index (Phi) is 5.70. The van der Waals surface area contributed by atoms with Gasteiger partial charge in [0.05, 0.1) is 19.8 Å². The number of carbonyl (C=O) groups excluding carboxylic acids is 2. The molecular weight excluding hydrogens is 428 g/mol. The molecule has 0 unspecified atom stereocenters. The highest BCUT2D eigenvalue weighted by Gasteiger charge is 2.49. The van der Waals surface area contributed by atoms with Crippen molar-refractivity contribution in [3.63, 3.8) is 0 Å². The normalized spacial score (nSPS) is 16.6. The van der Waals surface area contributed by atoms with Crippen LogP contribution >= 0.6 is 0 Å². The van der Waals surface area contributed by atoms with Crippen molar-refractivity contribution in [2.24, 2.45) is 0 Å². The Hall–Kier alpha value is -3.31. The van der Waals surface area contributed by atoms with Crippen molar-refractivity contribution >= 4 is 11.8 Å². The van der Waals surface area contributed by atoms with Crippen molar-refractivity contribution in [2.75, 3.05) is 40.0 Å². The molecule has 1 aromatic heterocycles. The lowest BCUT2D eigenvalue weighted by molar-refractivity contribution is -0.118. The third kappa shape index (κ3) is 3.63.